The van der Waals surface area contributed by atoms with Gasteiger partial charge in [0, 0.05) is 19.2 Å². The number of ether oxygens (including phenoxy) is 1. The van der Waals surface area contributed by atoms with Crippen molar-refractivity contribution in [2.75, 3.05) is 29.4 Å². The molecule has 0 atom stereocenters. The maximum atomic E-state index is 13.6. The topological polar surface area (TPSA) is 109 Å². The summed E-state index contributed by atoms with van der Waals surface area (Å²) in [7, 11) is 0. The fourth-order valence-corrected chi connectivity index (χ4v) is 5.51. The average molecular weight is 488 g/mol. The lowest BCUT2D eigenvalue weighted by atomic mass is 9.75. The molecule has 5 rings (SSSR count). The Labute approximate surface area is 209 Å². The van der Waals surface area contributed by atoms with E-state index >= 15 is 0 Å². The summed E-state index contributed by atoms with van der Waals surface area (Å²) in [4.78, 5) is 27.9. The summed E-state index contributed by atoms with van der Waals surface area (Å²) in [6.07, 6.45) is 7.39. The first kappa shape index (κ1) is 23.2. The van der Waals surface area contributed by atoms with Crippen molar-refractivity contribution in [1.82, 2.24) is 14.9 Å². The van der Waals surface area contributed by atoms with Crippen LogP contribution in [0, 0.1) is 29.6 Å². The summed E-state index contributed by atoms with van der Waals surface area (Å²) in [5, 5.41) is 18.4. The van der Waals surface area contributed by atoms with E-state index in [0.717, 1.165) is 38.0 Å². The van der Waals surface area contributed by atoms with Gasteiger partial charge in [0.25, 0.3) is 5.91 Å². The van der Waals surface area contributed by atoms with Crippen molar-refractivity contribution >= 4 is 34.6 Å². The molecule has 1 amide bonds. The number of amides is 1. The van der Waals surface area contributed by atoms with E-state index in [1.165, 1.54) is 11.1 Å². The van der Waals surface area contributed by atoms with Crippen LogP contribution in [0.4, 0.5) is 11.4 Å². The predicted molar refractivity (Wildman–Crippen MR) is 133 cm³/mol. The molecule has 3 aliphatic rings. The Morgan fingerprint density at radius 3 is 2.49 bits per heavy atom. The second-order valence-corrected chi connectivity index (χ2v) is 9.59. The molecule has 0 radical (unpaired) electrons. The second-order valence-electron chi connectivity index (χ2n) is 9.22. The molecule has 2 saturated heterocycles. The Morgan fingerprint density at radius 1 is 1.17 bits per heavy atom. The number of pyridine rings is 2. The van der Waals surface area contributed by atoms with Crippen molar-refractivity contribution in [3.8, 4) is 18.0 Å². The number of likely N-dealkylation sites (tertiary alicyclic amines) is 1. The van der Waals surface area contributed by atoms with Crippen molar-refractivity contribution in [2.45, 2.75) is 50.7 Å². The molecule has 1 saturated carbocycles. The number of hydrogen-bond donors (Lipinski definition) is 0. The molecule has 0 aromatic carbocycles. The first-order valence-electron chi connectivity index (χ1n) is 11.7. The monoisotopic (exact) mass is 487 g/mol. The lowest BCUT2D eigenvalue weighted by molar-refractivity contribution is -0.123. The van der Waals surface area contributed by atoms with E-state index in [1.807, 2.05) is 17.0 Å². The number of rotatable bonds is 5. The number of carbonyl (C=O) groups excluding carboxylic acids is 1. The van der Waals surface area contributed by atoms with E-state index in [4.69, 9.17) is 22.2 Å². The zero-order valence-corrected chi connectivity index (χ0v) is 20.3. The highest BCUT2D eigenvalue weighted by Crippen LogP contribution is 2.47. The molecule has 4 heterocycles. The van der Waals surface area contributed by atoms with Crippen LogP contribution < -0.4 is 14.5 Å². The van der Waals surface area contributed by atoms with Gasteiger partial charge in [0.05, 0.1) is 36.4 Å². The number of aryl methyl sites for hydroxylation is 1. The minimum Gasteiger partial charge on any atom is -0.474 e. The first-order valence-corrected chi connectivity index (χ1v) is 12.2. The number of carbonyl (C=O) groups is 1. The Hall–Kier alpha value is -3.60. The Balaban J connectivity index is 1.35. The number of thiocarbonyl (C=S) groups is 1. The minimum absolute atomic E-state index is 0.0656. The molecule has 0 N–H and O–H groups in total. The van der Waals surface area contributed by atoms with E-state index in [9.17, 15) is 10.1 Å². The van der Waals surface area contributed by atoms with Crippen LogP contribution in [-0.2, 0) is 4.79 Å². The van der Waals surface area contributed by atoms with Gasteiger partial charge in [-0.3, -0.25) is 14.6 Å². The third-order valence-corrected chi connectivity index (χ3v) is 7.48. The molecule has 2 aromatic heterocycles. The molecule has 3 fully saturated rings. The second kappa shape index (κ2) is 9.21. The standard InChI is InChI=1S/C25H25N7O2S/c1-17-13-19(16-28-21(17)14-27)31-23(33)25(7-2-8-25)32(24(31)35)18-3-4-22(29-15-18)34-20-5-10-30(11-6-20)12-9-26/h3-4,13,15-16,20H,2,5-8,10-12H2,1H3. The molecule has 35 heavy (non-hydrogen) atoms. The van der Waals surface area contributed by atoms with Crippen molar-refractivity contribution in [2.24, 2.45) is 0 Å². The van der Waals surface area contributed by atoms with Crippen LogP contribution in [0.25, 0.3) is 0 Å². The van der Waals surface area contributed by atoms with Crippen LogP contribution >= 0.6 is 12.2 Å². The zero-order chi connectivity index (χ0) is 24.6. The van der Waals surface area contributed by atoms with Crippen molar-refractivity contribution in [3.63, 3.8) is 0 Å². The van der Waals surface area contributed by atoms with E-state index in [1.54, 1.807) is 19.2 Å². The molecule has 10 heteroatoms. The normalized spacial score (nSPS) is 20.0. The van der Waals surface area contributed by atoms with Gasteiger partial charge in [-0.1, -0.05) is 0 Å². The van der Waals surface area contributed by atoms with Gasteiger partial charge in [-0.25, -0.2) is 9.97 Å². The first-order chi connectivity index (χ1) is 17.0. The number of nitriles is 2. The van der Waals surface area contributed by atoms with E-state index < -0.39 is 5.54 Å². The largest absolute Gasteiger partial charge is 0.474 e. The molecule has 0 unspecified atom stereocenters. The number of hydrogen-bond acceptors (Lipinski definition) is 8. The fourth-order valence-electron chi connectivity index (χ4n) is 5.04. The highest BCUT2D eigenvalue weighted by atomic mass is 32.1. The quantitative estimate of drug-likeness (QED) is 0.464. The average Bonchev–Trinajstić information content (AvgIpc) is 3.07. The highest BCUT2D eigenvalue weighted by Gasteiger charge is 2.59. The molecule has 1 spiro atoms. The van der Waals surface area contributed by atoms with E-state index in [2.05, 4.69) is 27.0 Å². The summed E-state index contributed by atoms with van der Waals surface area (Å²) >= 11 is 5.80. The van der Waals surface area contributed by atoms with Gasteiger partial charge in [0.1, 0.15) is 23.4 Å². The fraction of sp³-hybridized carbons (Fsp3) is 0.440. The summed E-state index contributed by atoms with van der Waals surface area (Å²) in [5.74, 6) is 0.472. The van der Waals surface area contributed by atoms with E-state index in [0.29, 0.717) is 47.3 Å². The zero-order valence-electron chi connectivity index (χ0n) is 19.5. The Kier molecular flexibility index (Phi) is 6.10. The predicted octanol–water partition coefficient (Wildman–Crippen LogP) is 3.08. The van der Waals surface area contributed by atoms with Gasteiger partial charge in [0.2, 0.25) is 5.88 Å². The molecule has 2 aliphatic heterocycles. The number of nitrogens with zero attached hydrogens (tertiary/aromatic N) is 7. The third kappa shape index (κ3) is 3.99. The maximum absolute atomic E-state index is 13.6. The van der Waals surface area contributed by atoms with Crippen LogP contribution in [0.15, 0.2) is 30.6 Å². The molecular weight excluding hydrogens is 462 g/mol. The summed E-state index contributed by atoms with van der Waals surface area (Å²) < 4.78 is 6.08. The molecule has 2 aromatic rings. The Bertz CT molecular complexity index is 1240. The number of piperidine rings is 1. The Morgan fingerprint density at radius 2 is 1.91 bits per heavy atom. The minimum atomic E-state index is -0.712. The van der Waals surface area contributed by atoms with Crippen LogP contribution in [0.1, 0.15) is 43.4 Å². The SMILES string of the molecule is Cc1cc(N2C(=O)C3(CCC3)N(c3ccc(OC4CCN(CC#N)CC4)nc3)C2=S)cnc1C#N. The summed E-state index contributed by atoms with van der Waals surface area (Å²) in [6, 6.07) is 9.76. The van der Waals surface area contributed by atoms with E-state index in [-0.39, 0.29) is 12.0 Å². The van der Waals surface area contributed by atoms with Crippen LogP contribution in [0.3, 0.4) is 0 Å². The van der Waals surface area contributed by atoms with Crippen molar-refractivity contribution in [1.29, 1.82) is 10.5 Å². The smallest absolute Gasteiger partial charge is 0.259 e. The highest BCUT2D eigenvalue weighted by molar-refractivity contribution is 7.81. The van der Waals surface area contributed by atoms with Crippen LogP contribution in [0.2, 0.25) is 0 Å². The van der Waals surface area contributed by atoms with Crippen LogP contribution in [-0.4, -0.2) is 57.2 Å². The number of aromatic nitrogens is 2. The summed E-state index contributed by atoms with van der Waals surface area (Å²) in [5.41, 5.74) is 1.64. The van der Waals surface area contributed by atoms with Gasteiger partial charge in [-0.05, 0) is 68.9 Å². The van der Waals surface area contributed by atoms with Gasteiger partial charge < -0.3 is 9.64 Å². The van der Waals surface area contributed by atoms with Gasteiger partial charge in [-0.15, -0.1) is 0 Å². The number of anilines is 2. The third-order valence-electron chi connectivity index (χ3n) is 7.12. The van der Waals surface area contributed by atoms with Crippen LogP contribution in [0.5, 0.6) is 5.88 Å². The van der Waals surface area contributed by atoms with Crippen molar-refractivity contribution < 1.29 is 9.53 Å². The maximum Gasteiger partial charge on any atom is 0.259 e. The van der Waals surface area contributed by atoms with Gasteiger partial charge in [0.15, 0.2) is 5.11 Å². The molecule has 178 valence electrons. The summed E-state index contributed by atoms with van der Waals surface area (Å²) in [6.45, 7) is 3.92. The van der Waals surface area contributed by atoms with Gasteiger partial charge in [-0.2, -0.15) is 10.5 Å². The molecule has 9 nitrogen and oxygen atoms in total. The molecular formula is C25H25N7O2S. The lowest BCUT2D eigenvalue weighted by Crippen LogP contribution is -2.55. The lowest BCUT2D eigenvalue weighted by Gasteiger charge is -2.42. The van der Waals surface area contributed by atoms with Gasteiger partial charge >= 0.3 is 0 Å². The van der Waals surface area contributed by atoms with Crippen molar-refractivity contribution in [3.05, 3.63) is 41.9 Å². The molecule has 1 aliphatic carbocycles. The molecule has 0 bridgehead atoms.